The fourth-order valence-corrected chi connectivity index (χ4v) is 1.58. The van der Waals surface area contributed by atoms with Gasteiger partial charge in [0.05, 0.1) is 19.0 Å². The van der Waals surface area contributed by atoms with Gasteiger partial charge in [0, 0.05) is 12.2 Å². The molecule has 1 rings (SSSR count). The lowest BCUT2D eigenvalue weighted by molar-refractivity contribution is -0.121. The molecular weight excluding hydrogens is 242 g/mol. The van der Waals surface area contributed by atoms with Crippen LogP contribution < -0.4 is 15.4 Å². The molecule has 0 saturated carbocycles. The van der Waals surface area contributed by atoms with Crippen LogP contribution in [0.25, 0.3) is 0 Å². The normalized spacial score (nSPS) is 12.1. The zero-order valence-electron chi connectivity index (χ0n) is 12.3. The van der Waals surface area contributed by atoms with E-state index < -0.39 is 0 Å². The fraction of sp³-hybridized carbons (Fsp3) is 0.571. The van der Waals surface area contributed by atoms with Gasteiger partial charge in [0.25, 0.3) is 0 Å². The number of nitrogens with one attached hydrogen (secondary N) is 2. The summed E-state index contributed by atoms with van der Waals surface area (Å²) in [5, 5.41) is 6.05. The van der Waals surface area contributed by atoms with Crippen LogP contribution in [-0.4, -0.2) is 30.6 Å². The Bertz CT molecular complexity index is 433. The van der Waals surface area contributed by atoms with E-state index in [9.17, 15) is 4.79 Å². The average Bonchev–Trinajstić information content (AvgIpc) is 2.36. The fourth-order valence-electron chi connectivity index (χ4n) is 1.58. The number of ether oxygens (including phenoxy) is 1. The molecular formula is C14H23N3O2. The standard InChI is InChI=1S/C14H23N3O2/c1-9(2)7-16-14(18)11(4)17-12-6-10(3)15-8-13(12)19-5/h6,8-9,11H,7H2,1-5H3,(H,15,17)(H,16,18). The van der Waals surface area contributed by atoms with Crippen molar-refractivity contribution in [2.75, 3.05) is 19.0 Å². The molecule has 0 saturated heterocycles. The van der Waals surface area contributed by atoms with Crippen LogP contribution in [0.4, 0.5) is 5.69 Å². The monoisotopic (exact) mass is 265 g/mol. The molecule has 1 atom stereocenters. The maximum Gasteiger partial charge on any atom is 0.242 e. The summed E-state index contributed by atoms with van der Waals surface area (Å²) in [6.45, 7) is 8.53. The predicted molar refractivity (Wildman–Crippen MR) is 76.5 cm³/mol. The van der Waals surface area contributed by atoms with E-state index in [0.29, 0.717) is 18.2 Å². The lowest BCUT2D eigenvalue weighted by Crippen LogP contribution is -2.39. The molecule has 0 fully saturated rings. The first-order chi connectivity index (χ1) is 8.93. The molecule has 0 aliphatic carbocycles. The Kier molecular flexibility index (Phi) is 5.60. The Hall–Kier alpha value is -1.78. The van der Waals surface area contributed by atoms with Crippen molar-refractivity contribution in [3.05, 3.63) is 18.0 Å². The molecule has 106 valence electrons. The van der Waals surface area contributed by atoms with Crippen molar-refractivity contribution >= 4 is 11.6 Å². The van der Waals surface area contributed by atoms with Crippen molar-refractivity contribution in [2.45, 2.75) is 33.7 Å². The predicted octanol–water partition coefficient (Wildman–Crippen LogP) is 1.97. The number of methoxy groups -OCH3 is 1. The van der Waals surface area contributed by atoms with Gasteiger partial charge in [-0.15, -0.1) is 0 Å². The van der Waals surface area contributed by atoms with Crippen molar-refractivity contribution in [1.29, 1.82) is 0 Å². The summed E-state index contributed by atoms with van der Waals surface area (Å²) in [6.07, 6.45) is 1.65. The van der Waals surface area contributed by atoms with Crippen LogP contribution >= 0.6 is 0 Å². The number of aryl methyl sites for hydroxylation is 1. The van der Waals surface area contributed by atoms with Gasteiger partial charge in [-0.2, -0.15) is 0 Å². The van der Waals surface area contributed by atoms with Crippen molar-refractivity contribution in [3.63, 3.8) is 0 Å². The van der Waals surface area contributed by atoms with Crippen LogP contribution in [0.3, 0.4) is 0 Å². The van der Waals surface area contributed by atoms with Gasteiger partial charge in [0.15, 0.2) is 5.75 Å². The van der Waals surface area contributed by atoms with Crippen LogP contribution in [0.5, 0.6) is 5.75 Å². The molecule has 0 radical (unpaired) electrons. The minimum atomic E-state index is -0.325. The first-order valence-electron chi connectivity index (χ1n) is 6.49. The van der Waals surface area contributed by atoms with E-state index in [1.807, 2.05) is 19.9 Å². The van der Waals surface area contributed by atoms with Crippen LogP contribution in [0.15, 0.2) is 12.3 Å². The molecule has 0 spiro atoms. The third kappa shape index (κ3) is 4.77. The van der Waals surface area contributed by atoms with Gasteiger partial charge in [0.2, 0.25) is 5.91 Å². The van der Waals surface area contributed by atoms with Gasteiger partial charge in [-0.3, -0.25) is 9.78 Å². The van der Waals surface area contributed by atoms with E-state index in [0.717, 1.165) is 11.4 Å². The summed E-state index contributed by atoms with van der Waals surface area (Å²) < 4.78 is 5.22. The zero-order chi connectivity index (χ0) is 14.4. The molecule has 0 aliphatic rings. The van der Waals surface area contributed by atoms with Gasteiger partial charge in [-0.25, -0.2) is 0 Å². The molecule has 1 amide bonds. The van der Waals surface area contributed by atoms with E-state index in [2.05, 4.69) is 29.5 Å². The number of carbonyl (C=O) groups excluding carboxylic acids is 1. The molecule has 1 aromatic rings. The maximum absolute atomic E-state index is 11.9. The third-order valence-corrected chi connectivity index (χ3v) is 2.67. The molecule has 0 aromatic carbocycles. The Balaban J connectivity index is 2.68. The summed E-state index contributed by atoms with van der Waals surface area (Å²) in [7, 11) is 1.58. The van der Waals surface area contributed by atoms with E-state index in [1.54, 1.807) is 13.3 Å². The van der Waals surface area contributed by atoms with Crippen LogP contribution in [0.1, 0.15) is 26.5 Å². The van der Waals surface area contributed by atoms with Gasteiger partial charge >= 0.3 is 0 Å². The highest BCUT2D eigenvalue weighted by Gasteiger charge is 2.15. The lowest BCUT2D eigenvalue weighted by atomic mass is 10.2. The second-order valence-corrected chi connectivity index (χ2v) is 5.03. The zero-order valence-corrected chi connectivity index (χ0v) is 12.3. The van der Waals surface area contributed by atoms with E-state index in [-0.39, 0.29) is 11.9 Å². The number of rotatable bonds is 6. The summed E-state index contributed by atoms with van der Waals surface area (Å²) >= 11 is 0. The number of hydrogen-bond donors (Lipinski definition) is 2. The van der Waals surface area contributed by atoms with Crippen molar-refractivity contribution in [1.82, 2.24) is 10.3 Å². The average molecular weight is 265 g/mol. The SMILES string of the molecule is COc1cnc(C)cc1NC(C)C(=O)NCC(C)C. The van der Waals surface area contributed by atoms with E-state index in [4.69, 9.17) is 4.74 Å². The Labute approximate surface area is 114 Å². The van der Waals surface area contributed by atoms with Crippen LogP contribution in [0, 0.1) is 12.8 Å². The number of carbonyl (C=O) groups is 1. The number of amides is 1. The summed E-state index contributed by atoms with van der Waals surface area (Å²) in [6, 6.07) is 1.54. The molecule has 1 heterocycles. The molecule has 0 aliphatic heterocycles. The Morgan fingerprint density at radius 2 is 2.11 bits per heavy atom. The smallest absolute Gasteiger partial charge is 0.242 e. The number of aromatic nitrogens is 1. The van der Waals surface area contributed by atoms with Crippen molar-refractivity contribution < 1.29 is 9.53 Å². The summed E-state index contributed by atoms with van der Waals surface area (Å²) in [4.78, 5) is 16.1. The summed E-state index contributed by atoms with van der Waals surface area (Å²) in [5.74, 6) is 1.05. The topological polar surface area (TPSA) is 63.2 Å². The first kappa shape index (κ1) is 15.3. The molecule has 19 heavy (non-hydrogen) atoms. The van der Waals surface area contributed by atoms with Gasteiger partial charge in [-0.1, -0.05) is 13.8 Å². The van der Waals surface area contributed by atoms with Crippen LogP contribution in [-0.2, 0) is 4.79 Å². The van der Waals surface area contributed by atoms with E-state index >= 15 is 0 Å². The van der Waals surface area contributed by atoms with Crippen molar-refractivity contribution in [3.8, 4) is 5.75 Å². The quantitative estimate of drug-likeness (QED) is 0.825. The second kappa shape index (κ2) is 6.97. The first-order valence-corrected chi connectivity index (χ1v) is 6.49. The summed E-state index contributed by atoms with van der Waals surface area (Å²) in [5.41, 5.74) is 1.65. The lowest BCUT2D eigenvalue weighted by Gasteiger charge is -2.18. The number of hydrogen-bond acceptors (Lipinski definition) is 4. The number of nitrogens with zero attached hydrogens (tertiary/aromatic N) is 1. The Morgan fingerprint density at radius 1 is 1.42 bits per heavy atom. The second-order valence-electron chi connectivity index (χ2n) is 5.03. The molecule has 5 heteroatoms. The highest BCUT2D eigenvalue weighted by atomic mass is 16.5. The van der Waals surface area contributed by atoms with Crippen molar-refractivity contribution in [2.24, 2.45) is 5.92 Å². The van der Waals surface area contributed by atoms with E-state index in [1.165, 1.54) is 0 Å². The molecule has 0 bridgehead atoms. The van der Waals surface area contributed by atoms with Gasteiger partial charge in [-0.05, 0) is 25.8 Å². The maximum atomic E-state index is 11.9. The molecule has 5 nitrogen and oxygen atoms in total. The minimum absolute atomic E-state index is 0.0229. The minimum Gasteiger partial charge on any atom is -0.493 e. The largest absolute Gasteiger partial charge is 0.493 e. The molecule has 1 aromatic heterocycles. The van der Waals surface area contributed by atoms with Gasteiger partial charge < -0.3 is 15.4 Å². The Morgan fingerprint density at radius 3 is 2.68 bits per heavy atom. The third-order valence-electron chi connectivity index (χ3n) is 2.67. The highest BCUT2D eigenvalue weighted by molar-refractivity contribution is 5.84. The number of pyridine rings is 1. The van der Waals surface area contributed by atoms with Crippen LogP contribution in [0.2, 0.25) is 0 Å². The van der Waals surface area contributed by atoms with Gasteiger partial charge in [0.1, 0.15) is 6.04 Å². The molecule has 1 unspecified atom stereocenters. The number of anilines is 1. The molecule has 2 N–H and O–H groups in total. The highest BCUT2D eigenvalue weighted by Crippen LogP contribution is 2.24.